The van der Waals surface area contributed by atoms with Crippen molar-refractivity contribution in [2.75, 3.05) is 30.9 Å². The number of rotatable bonds is 4. The van der Waals surface area contributed by atoms with Crippen molar-refractivity contribution in [2.45, 2.75) is 65.0 Å². The van der Waals surface area contributed by atoms with Crippen LogP contribution in [0.4, 0.5) is 20.1 Å². The fraction of sp³-hybridized carbons (Fsp3) is 0.433. The highest BCUT2D eigenvalue weighted by Gasteiger charge is 2.35. The zero-order valence-electron chi connectivity index (χ0n) is 24.7. The van der Waals surface area contributed by atoms with Crippen LogP contribution >= 0.6 is 22.9 Å². The van der Waals surface area contributed by atoms with Crippen LogP contribution in [-0.4, -0.2) is 64.3 Å². The monoisotopic (exact) mass is 623 g/mol. The number of anilines is 2. The maximum absolute atomic E-state index is 15.2. The smallest absolute Gasteiger partial charge is 0.412 e. The first-order valence-electron chi connectivity index (χ1n) is 13.9. The van der Waals surface area contributed by atoms with Crippen molar-refractivity contribution in [3.05, 3.63) is 39.9 Å². The number of benzene rings is 1. The van der Waals surface area contributed by atoms with Gasteiger partial charge in [-0.15, -0.1) is 11.3 Å². The van der Waals surface area contributed by atoms with Crippen molar-refractivity contribution in [1.29, 1.82) is 5.26 Å². The van der Waals surface area contributed by atoms with Crippen LogP contribution in [0.1, 0.15) is 50.8 Å². The molecule has 6 rings (SSSR count). The molecule has 0 unspecified atom stereocenters. The molecule has 10 nitrogen and oxygen atoms in total. The van der Waals surface area contributed by atoms with Gasteiger partial charge in [-0.25, -0.2) is 19.2 Å². The third-order valence-corrected chi connectivity index (χ3v) is 9.44. The zero-order valence-corrected chi connectivity index (χ0v) is 26.3. The second-order valence-corrected chi connectivity index (χ2v) is 13.4. The van der Waals surface area contributed by atoms with E-state index >= 15 is 4.39 Å². The molecule has 0 spiro atoms. The number of thiophene rings is 1. The molecule has 1 aromatic carbocycles. The van der Waals surface area contributed by atoms with Crippen LogP contribution in [0.2, 0.25) is 5.02 Å². The van der Waals surface area contributed by atoms with E-state index in [0.29, 0.717) is 40.4 Å². The van der Waals surface area contributed by atoms with E-state index < -0.39 is 17.5 Å². The first-order valence-corrected chi connectivity index (χ1v) is 15.1. The molecule has 43 heavy (non-hydrogen) atoms. The normalized spacial score (nSPS) is 18.5. The van der Waals surface area contributed by atoms with Gasteiger partial charge in [-0.2, -0.15) is 5.26 Å². The maximum atomic E-state index is 15.2. The Labute approximate surface area is 257 Å². The lowest BCUT2D eigenvalue weighted by atomic mass is 9.94. The van der Waals surface area contributed by atoms with Gasteiger partial charge < -0.3 is 19.3 Å². The number of aromatic nitrogens is 3. The van der Waals surface area contributed by atoms with Gasteiger partial charge in [-0.05, 0) is 59.3 Å². The van der Waals surface area contributed by atoms with E-state index in [2.05, 4.69) is 47.2 Å². The summed E-state index contributed by atoms with van der Waals surface area (Å²) in [4.78, 5) is 31.1. The molecule has 0 aliphatic carbocycles. The fourth-order valence-corrected chi connectivity index (χ4v) is 7.42. The van der Waals surface area contributed by atoms with Crippen molar-refractivity contribution in [2.24, 2.45) is 0 Å². The molecule has 2 aliphatic rings. The first-order chi connectivity index (χ1) is 20.4. The van der Waals surface area contributed by atoms with Gasteiger partial charge in [0.05, 0.1) is 45.9 Å². The third kappa shape index (κ3) is 5.04. The molecule has 3 aromatic heterocycles. The number of nitrogens with zero attached hydrogens (tertiary/aromatic N) is 6. The van der Waals surface area contributed by atoms with E-state index in [1.54, 1.807) is 27.0 Å². The number of hydrogen-bond acceptors (Lipinski definition) is 10. The molecular formula is C30H31ClFN7O3S. The van der Waals surface area contributed by atoms with E-state index in [4.69, 9.17) is 31.0 Å². The molecule has 0 saturated carbocycles. The van der Waals surface area contributed by atoms with Crippen molar-refractivity contribution >= 4 is 61.0 Å². The molecule has 1 amide bonds. The number of likely N-dealkylation sites (N-methyl/N-ethyl adjacent to an activating group) is 1. The minimum atomic E-state index is -0.758. The quantitative estimate of drug-likeness (QED) is 0.273. The number of pyridine rings is 1. The molecule has 0 radical (unpaired) electrons. The summed E-state index contributed by atoms with van der Waals surface area (Å²) < 4.78 is 26.6. The second-order valence-electron chi connectivity index (χ2n) is 12.0. The van der Waals surface area contributed by atoms with Crippen LogP contribution in [0.25, 0.3) is 32.2 Å². The minimum Gasteiger partial charge on any atom is -0.444 e. The molecular weight excluding hydrogens is 593 g/mol. The maximum Gasteiger partial charge on any atom is 0.412 e. The van der Waals surface area contributed by atoms with E-state index in [0.717, 1.165) is 47.0 Å². The number of carbonyl (C=O) groups is 1. The van der Waals surface area contributed by atoms with Crippen molar-refractivity contribution in [3.8, 4) is 17.3 Å². The Morgan fingerprint density at radius 3 is 2.70 bits per heavy atom. The lowest BCUT2D eigenvalue weighted by molar-refractivity contribution is 0.0636. The summed E-state index contributed by atoms with van der Waals surface area (Å²) in [6.07, 6.45) is 3.13. The number of halogens is 2. The topological polar surface area (TPSA) is 116 Å². The van der Waals surface area contributed by atoms with Gasteiger partial charge in [0.2, 0.25) is 5.95 Å². The summed E-state index contributed by atoms with van der Waals surface area (Å²) in [7, 11) is 4.15. The van der Waals surface area contributed by atoms with Gasteiger partial charge in [0.1, 0.15) is 16.7 Å². The summed E-state index contributed by atoms with van der Waals surface area (Å²) in [5.74, 6) is -0.0456. The third-order valence-electron chi connectivity index (χ3n) is 7.95. The van der Waals surface area contributed by atoms with Crippen LogP contribution in [0.5, 0.6) is 0 Å². The Hall–Kier alpha value is -3.63. The Kier molecular flexibility index (Phi) is 7.41. The van der Waals surface area contributed by atoms with E-state index in [1.807, 2.05) is 0 Å². The number of carbonyl (C=O) groups excluding carboxylic acids is 1. The molecule has 0 bridgehead atoms. The number of amides is 1. The van der Waals surface area contributed by atoms with Crippen LogP contribution in [0.15, 0.2) is 12.4 Å². The standard InChI is InChI=1S/C30H31ClFN7O3S/c1-14-20(38(5)6)7-8-39(14)28-35-10-16-17-12-41-13-18(17)21(23(31)24(16)36-28)25-22-15(9-33)27(37-29(40)42-30(2,3)4)43-26(22)19(32)11-34-25/h10-11,14,20H,7-8,12-13H2,1-6H3,(H,37,40)/t14-,20-/m0/s1. The Morgan fingerprint density at radius 1 is 1.28 bits per heavy atom. The molecule has 224 valence electrons. The van der Waals surface area contributed by atoms with Crippen LogP contribution in [0.3, 0.4) is 0 Å². The average molecular weight is 624 g/mol. The number of fused-ring (bicyclic) bond motifs is 4. The van der Waals surface area contributed by atoms with Crippen LogP contribution < -0.4 is 10.2 Å². The summed E-state index contributed by atoms with van der Waals surface area (Å²) in [6, 6.07) is 2.69. The van der Waals surface area contributed by atoms with Crippen LogP contribution in [-0.2, 0) is 22.7 Å². The summed E-state index contributed by atoms with van der Waals surface area (Å²) in [5.41, 5.74) is 2.35. The average Bonchev–Trinajstić information content (AvgIpc) is 3.66. The molecule has 1 saturated heterocycles. The van der Waals surface area contributed by atoms with Crippen LogP contribution in [0, 0.1) is 17.1 Å². The molecule has 5 heterocycles. The van der Waals surface area contributed by atoms with E-state index in [-0.39, 0.29) is 33.3 Å². The number of nitrogens with one attached hydrogen (secondary N) is 1. The van der Waals surface area contributed by atoms with E-state index in [9.17, 15) is 10.1 Å². The molecule has 4 aromatic rings. The SMILES string of the molecule is C[C@H]1[C@@H](N(C)C)CCN1c1ncc2c3c(c(-c4ncc(F)c5sc(NC(=O)OC(C)(C)C)c(C#N)c45)c(Cl)c2n1)COC3. The zero-order chi connectivity index (χ0) is 30.8. The first kappa shape index (κ1) is 29.4. The lowest BCUT2D eigenvalue weighted by Crippen LogP contribution is -2.40. The van der Waals surface area contributed by atoms with Gasteiger partial charge in [0, 0.05) is 41.2 Å². The van der Waals surface area contributed by atoms with Crippen molar-refractivity contribution in [3.63, 3.8) is 0 Å². The fourth-order valence-electron chi connectivity index (χ4n) is 6.04. The Balaban J connectivity index is 1.54. The molecule has 2 atom stereocenters. The largest absolute Gasteiger partial charge is 0.444 e. The van der Waals surface area contributed by atoms with Gasteiger partial charge in [-0.3, -0.25) is 10.3 Å². The molecule has 2 aliphatic heterocycles. The minimum absolute atomic E-state index is 0.0701. The molecule has 13 heteroatoms. The second kappa shape index (κ2) is 10.8. The summed E-state index contributed by atoms with van der Waals surface area (Å²) >= 11 is 8.12. The van der Waals surface area contributed by atoms with Gasteiger partial charge >= 0.3 is 6.09 Å². The number of hydrogen-bond donors (Lipinski definition) is 1. The Morgan fingerprint density at radius 2 is 2.02 bits per heavy atom. The molecule has 1 fully saturated rings. The van der Waals surface area contributed by atoms with Gasteiger partial charge in [0.25, 0.3) is 0 Å². The highest BCUT2D eigenvalue weighted by Crippen LogP contribution is 2.48. The predicted octanol–water partition coefficient (Wildman–Crippen LogP) is 6.48. The predicted molar refractivity (Wildman–Crippen MR) is 165 cm³/mol. The van der Waals surface area contributed by atoms with E-state index in [1.165, 1.54) is 0 Å². The van der Waals surface area contributed by atoms with Gasteiger partial charge in [-0.1, -0.05) is 11.6 Å². The highest BCUT2D eigenvalue weighted by atomic mass is 35.5. The van der Waals surface area contributed by atoms with Crippen molar-refractivity contribution in [1.82, 2.24) is 19.9 Å². The summed E-state index contributed by atoms with van der Waals surface area (Å²) in [5, 5.41) is 14.3. The number of ether oxygens (including phenoxy) is 2. The Bertz CT molecular complexity index is 1830. The van der Waals surface area contributed by atoms with Gasteiger partial charge in [0.15, 0.2) is 5.82 Å². The van der Waals surface area contributed by atoms with Crippen molar-refractivity contribution < 1.29 is 18.7 Å². The lowest BCUT2D eigenvalue weighted by Gasteiger charge is -2.28. The summed E-state index contributed by atoms with van der Waals surface area (Å²) in [6.45, 7) is 8.74. The highest BCUT2D eigenvalue weighted by molar-refractivity contribution is 7.23. The number of nitriles is 1. The molecule has 1 N–H and O–H groups in total.